The molecule has 8 nitrogen and oxygen atoms in total. The van der Waals surface area contributed by atoms with Crippen LogP contribution in [0.4, 0.5) is 0 Å². The van der Waals surface area contributed by atoms with Gasteiger partial charge in [0.2, 0.25) is 5.91 Å². The summed E-state index contributed by atoms with van der Waals surface area (Å²) < 4.78 is 0. The number of aryl methyl sites for hydroxylation is 1. The van der Waals surface area contributed by atoms with E-state index in [1.54, 1.807) is 12.4 Å². The fraction of sp³-hybridized carbons (Fsp3) is 0.542. The van der Waals surface area contributed by atoms with Crippen LogP contribution in [0.2, 0.25) is 0 Å². The highest BCUT2D eigenvalue weighted by molar-refractivity contribution is 5.95. The lowest BCUT2D eigenvalue weighted by molar-refractivity contribution is -0.132. The third-order valence-electron chi connectivity index (χ3n) is 6.36. The van der Waals surface area contributed by atoms with Crippen LogP contribution >= 0.6 is 0 Å². The highest BCUT2D eigenvalue weighted by Gasteiger charge is 2.32. The third kappa shape index (κ3) is 5.12. The van der Waals surface area contributed by atoms with Gasteiger partial charge in [0.15, 0.2) is 5.82 Å². The monoisotopic (exact) mass is 436 g/mol. The first-order chi connectivity index (χ1) is 15.5. The van der Waals surface area contributed by atoms with Crippen molar-refractivity contribution in [3.05, 3.63) is 53.4 Å². The second-order valence-electron chi connectivity index (χ2n) is 8.78. The van der Waals surface area contributed by atoms with E-state index in [9.17, 15) is 9.59 Å². The average molecular weight is 437 g/mol. The van der Waals surface area contributed by atoms with Crippen molar-refractivity contribution >= 4 is 11.8 Å². The van der Waals surface area contributed by atoms with Gasteiger partial charge in [0.1, 0.15) is 0 Å². The van der Waals surface area contributed by atoms with E-state index in [1.165, 1.54) is 0 Å². The van der Waals surface area contributed by atoms with Crippen LogP contribution in [0.5, 0.6) is 0 Å². The van der Waals surface area contributed by atoms with Gasteiger partial charge in [0, 0.05) is 51.5 Å². The number of hydrogen-bond donors (Lipinski definition) is 0. The summed E-state index contributed by atoms with van der Waals surface area (Å²) >= 11 is 0. The lowest BCUT2D eigenvalue weighted by Crippen LogP contribution is -2.34. The Morgan fingerprint density at radius 2 is 1.94 bits per heavy atom. The SMILES string of the molecule is Cc1nc(C2CCCN2C(=O)CCN(C)Cc2ccccn2)ncc1C(=O)N1CCCC1. The van der Waals surface area contributed by atoms with Gasteiger partial charge in [-0.05, 0) is 51.8 Å². The fourth-order valence-electron chi connectivity index (χ4n) is 4.56. The second-order valence-corrected chi connectivity index (χ2v) is 8.78. The zero-order valence-electron chi connectivity index (χ0n) is 19.0. The highest BCUT2D eigenvalue weighted by atomic mass is 16.2. The Hall–Kier alpha value is -2.87. The first kappa shape index (κ1) is 22.3. The molecule has 0 bridgehead atoms. The van der Waals surface area contributed by atoms with Gasteiger partial charge in [-0.3, -0.25) is 14.6 Å². The zero-order valence-corrected chi connectivity index (χ0v) is 19.0. The minimum atomic E-state index is -0.113. The molecular weight excluding hydrogens is 404 g/mol. The molecule has 2 aliphatic rings. The van der Waals surface area contributed by atoms with Gasteiger partial charge in [-0.1, -0.05) is 6.07 Å². The van der Waals surface area contributed by atoms with Crippen molar-refractivity contribution in [3.8, 4) is 0 Å². The second kappa shape index (κ2) is 10.2. The minimum Gasteiger partial charge on any atom is -0.339 e. The van der Waals surface area contributed by atoms with E-state index in [-0.39, 0.29) is 17.9 Å². The number of rotatable bonds is 7. The van der Waals surface area contributed by atoms with Crippen LogP contribution < -0.4 is 0 Å². The van der Waals surface area contributed by atoms with E-state index in [1.807, 2.05) is 42.0 Å². The van der Waals surface area contributed by atoms with Crippen molar-refractivity contribution < 1.29 is 9.59 Å². The van der Waals surface area contributed by atoms with Crippen molar-refractivity contribution in [2.75, 3.05) is 33.2 Å². The Labute approximate surface area is 189 Å². The maximum Gasteiger partial charge on any atom is 0.257 e. The number of carbonyl (C=O) groups excluding carboxylic acids is 2. The van der Waals surface area contributed by atoms with Crippen molar-refractivity contribution in [2.45, 2.75) is 51.6 Å². The summed E-state index contributed by atoms with van der Waals surface area (Å²) in [5.74, 6) is 0.786. The first-order valence-electron chi connectivity index (χ1n) is 11.5. The van der Waals surface area contributed by atoms with Crippen LogP contribution in [-0.2, 0) is 11.3 Å². The van der Waals surface area contributed by atoms with Gasteiger partial charge in [-0.15, -0.1) is 0 Å². The normalized spacial score (nSPS) is 18.5. The standard InChI is InChI=1S/C24H32N6O2/c1-18-20(24(32)29-12-5-6-13-29)16-26-23(27-18)21-9-7-14-30(21)22(31)10-15-28(2)17-19-8-3-4-11-25-19/h3-4,8,11,16,21H,5-7,9-10,12-15,17H2,1-2H3. The highest BCUT2D eigenvalue weighted by Crippen LogP contribution is 2.31. The molecule has 2 aromatic rings. The molecule has 0 aliphatic carbocycles. The molecule has 2 amide bonds. The Kier molecular flexibility index (Phi) is 7.09. The van der Waals surface area contributed by atoms with Crippen LogP contribution in [0.15, 0.2) is 30.6 Å². The summed E-state index contributed by atoms with van der Waals surface area (Å²) in [5.41, 5.74) is 2.26. The van der Waals surface area contributed by atoms with Crippen LogP contribution in [0.1, 0.15) is 65.7 Å². The Morgan fingerprint density at radius 3 is 2.66 bits per heavy atom. The third-order valence-corrected chi connectivity index (χ3v) is 6.36. The number of aromatic nitrogens is 3. The molecule has 4 rings (SSSR count). The van der Waals surface area contributed by atoms with Gasteiger partial charge in [0.25, 0.3) is 5.91 Å². The van der Waals surface area contributed by atoms with E-state index in [0.29, 0.717) is 36.6 Å². The number of amides is 2. The molecule has 2 saturated heterocycles. The van der Waals surface area contributed by atoms with Gasteiger partial charge >= 0.3 is 0 Å². The number of nitrogens with zero attached hydrogens (tertiary/aromatic N) is 6. The Bertz CT molecular complexity index is 945. The van der Waals surface area contributed by atoms with Crippen molar-refractivity contribution in [1.29, 1.82) is 0 Å². The molecule has 1 unspecified atom stereocenters. The quantitative estimate of drug-likeness (QED) is 0.664. The molecule has 8 heteroatoms. The van der Waals surface area contributed by atoms with Crippen LogP contribution in [-0.4, -0.2) is 74.7 Å². The fourth-order valence-corrected chi connectivity index (χ4v) is 4.56. The Morgan fingerprint density at radius 1 is 1.12 bits per heavy atom. The van der Waals surface area contributed by atoms with Crippen molar-refractivity contribution in [1.82, 2.24) is 29.7 Å². The zero-order chi connectivity index (χ0) is 22.5. The first-order valence-corrected chi connectivity index (χ1v) is 11.5. The molecule has 0 aromatic carbocycles. The van der Waals surface area contributed by atoms with Crippen molar-refractivity contribution in [3.63, 3.8) is 0 Å². The smallest absolute Gasteiger partial charge is 0.257 e. The maximum atomic E-state index is 13.0. The molecule has 2 fully saturated rings. The predicted molar refractivity (Wildman–Crippen MR) is 121 cm³/mol. The van der Waals surface area contributed by atoms with E-state index >= 15 is 0 Å². The number of likely N-dealkylation sites (tertiary alicyclic amines) is 2. The van der Waals surface area contributed by atoms with Gasteiger partial charge in [0.05, 0.1) is 23.0 Å². The maximum absolute atomic E-state index is 13.0. The summed E-state index contributed by atoms with van der Waals surface area (Å²) in [6.07, 6.45) is 7.80. The number of hydrogen-bond acceptors (Lipinski definition) is 6. The molecule has 0 saturated carbocycles. The van der Waals surface area contributed by atoms with Crippen molar-refractivity contribution in [2.24, 2.45) is 0 Å². The number of pyridine rings is 1. The van der Waals surface area contributed by atoms with Crippen LogP contribution in [0.3, 0.4) is 0 Å². The largest absolute Gasteiger partial charge is 0.339 e. The number of carbonyl (C=O) groups is 2. The summed E-state index contributed by atoms with van der Waals surface area (Å²) in [5, 5.41) is 0. The molecule has 2 aliphatic heterocycles. The lowest BCUT2D eigenvalue weighted by atomic mass is 10.1. The summed E-state index contributed by atoms with van der Waals surface area (Å²) in [7, 11) is 2.01. The molecule has 4 heterocycles. The lowest BCUT2D eigenvalue weighted by Gasteiger charge is -2.25. The molecule has 0 radical (unpaired) electrons. The summed E-state index contributed by atoms with van der Waals surface area (Å²) in [6, 6.07) is 5.76. The average Bonchev–Trinajstić information content (AvgIpc) is 3.50. The Balaban J connectivity index is 1.36. The topological polar surface area (TPSA) is 82.5 Å². The predicted octanol–water partition coefficient (Wildman–Crippen LogP) is 2.60. The minimum absolute atomic E-state index is 0.0156. The molecule has 170 valence electrons. The van der Waals surface area contributed by atoms with Crippen LogP contribution in [0, 0.1) is 6.92 Å². The van der Waals surface area contributed by atoms with E-state index in [2.05, 4.69) is 19.9 Å². The molecular formula is C24H32N6O2. The van der Waals surface area contributed by atoms with Gasteiger partial charge in [-0.2, -0.15) is 0 Å². The summed E-state index contributed by atoms with van der Waals surface area (Å²) in [4.78, 5) is 45.1. The molecule has 0 spiro atoms. The van der Waals surface area contributed by atoms with Crippen LogP contribution in [0.25, 0.3) is 0 Å². The molecule has 0 N–H and O–H groups in total. The van der Waals surface area contributed by atoms with Gasteiger partial charge < -0.3 is 14.7 Å². The van der Waals surface area contributed by atoms with E-state index in [0.717, 1.165) is 51.0 Å². The molecule has 32 heavy (non-hydrogen) atoms. The summed E-state index contributed by atoms with van der Waals surface area (Å²) in [6.45, 7) is 5.58. The van der Waals surface area contributed by atoms with Gasteiger partial charge in [-0.25, -0.2) is 9.97 Å². The van der Waals surface area contributed by atoms with E-state index in [4.69, 9.17) is 0 Å². The molecule has 2 aromatic heterocycles. The van der Waals surface area contributed by atoms with E-state index < -0.39 is 0 Å². The molecule has 1 atom stereocenters.